The first-order chi connectivity index (χ1) is 8.37. The number of ether oxygens (including phenoxy) is 1. The van der Waals surface area contributed by atoms with Gasteiger partial charge >= 0.3 is 0 Å². The van der Waals surface area contributed by atoms with Crippen LogP contribution < -0.4 is 0 Å². The van der Waals surface area contributed by atoms with Gasteiger partial charge in [-0.25, -0.2) is 13.4 Å². The zero-order valence-corrected chi connectivity index (χ0v) is 11.6. The van der Waals surface area contributed by atoms with Crippen LogP contribution in [0.2, 0.25) is 5.15 Å². The Labute approximate surface area is 111 Å². The molecule has 102 valence electrons. The van der Waals surface area contributed by atoms with Gasteiger partial charge in [-0.15, -0.1) is 0 Å². The van der Waals surface area contributed by atoms with Crippen molar-refractivity contribution in [1.29, 1.82) is 0 Å². The molecule has 8 heteroatoms. The summed E-state index contributed by atoms with van der Waals surface area (Å²) < 4.78 is 30.0. The van der Waals surface area contributed by atoms with E-state index < -0.39 is 16.1 Å². The highest BCUT2D eigenvalue weighted by atomic mass is 35.5. The predicted octanol–water partition coefficient (Wildman–Crippen LogP) is 0.363. The molecule has 0 spiro atoms. The number of pyridine rings is 1. The van der Waals surface area contributed by atoms with Gasteiger partial charge in [-0.2, -0.15) is 4.31 Å². The smallest absolute Gasteiger partial charge is 0.243 e. The van der Waals surface area contributed by atoms with Crippen LogP contribution in [0.3, 0.4) is 0 Å². The minimum Gasteiger partial charge on any atom is -0.389 e. The highest BCUT2D eigenvalue weighted by Crippen LogP contribution is 2.16. The Bertz CT molecular complexity index is 494. The number of rotatable bonds is 6. The minimum atomic E-state index is -3.68. The van der Waals surface area contributed by atoms with Gasteiger partial charge in [0.05, 0.1) is 17.6 Å². The van der Waals surface area contributed by atoms with E-state index in [0.717, 1.165) is 4.31 Å². The molecule has 0 saturated heterocycles. The Morgan fingerprint density at radius 3 is 2.83 bits per heavy atom. The quantitative estimate of drug-likeness (QED) is 0.767. The number of aromatic nitrogens is 1. The van der Waals surface area contributed by atoms with E-state index in [-0.39, 0.29) is 23.2 Å². The molecule has 1 aromatic heterocycles. The van der Waals surface area contributed by atoms with Gasteiger partial charge in [0, 0.05) is 26.9 Å². The van der Waals surface area contributed by atoms with Crippen molar-refractivity contribution in [1.82, 2.24) is 9.29 Å². The number of hydrogen-bond acceptors (Lipinski definition) is 5. The molecule has 0 bridgehead atoms. The van der Waals surface area contributed by atoms with Gasteiger partial charge in [0.1, 0.15) is 5.15 Å². The molecule has 18 heavy (non-hydrogen) atoms. The average molecular weight is 295 g/mol. The number of aliphatic hydroxyl groups excluding tert-OH is 1. The molecule has 1 N–H and O–H groups in total. The van der Waals surface area contributed by atoms with E-state index in [1.54, 1.807) is 0 Å². The SMILES string of the molecule is COCC(O)CN(C)S(=O)(=O)c1ccnc(Cl)c1. The zero-order valence-electron chi connectivity index (χ0n) is 10.1. The molecule has 6 nitrogen and oxygen atoms in total. The molecule has 0 amide bonds. The lowest BCUT2D eigenvalue weighted by atomic mass is 10.4. The molecule has 0 aliphatic heterocycles. The van der Waals surface area contributed by atoms with Crippen molar-refractivity contribution in [3.05, 3.63) is 23.5 Å². The molecule has 1 aromatic rings. The van der Waals surface area contributed by atoms with Gasteiger partial charge < -0.3 is 9.84 Å². The number of sulfonamides is 1. The Morgan fingerprint density at radius 2 is 2.28 bits per heavy atom. The third-order valence-corrected chi connectivity index (χ3v) is 4.26. The van der Waals surface area contributed by atoms with Crippen LogP contribution in [0.5, 0.6) is 0 Å². The fraction of sp³-hybridized carbons (Fsp3) is 0.500. The van der Waals surface area contributed by atoms with E-state index in [2.05, 4.69) is 4.98 Å². The predicted molar refractivity (Wildman–Crippen MR) is 66.9 cm³/mol. The molecule has 0 aliphatic rings. The third kappa shape index (κ3) is 3.89. The lowest BCUT2D eigenvalue weighted by Gasteiger charge is -2.20. The standard InChI is InChI=1S/C10H15ClN2O4S/c1-13(6-8(14)7-17-2)18(15,16)9-3-4-12-10(11)5-9/h3-5,8,14H,6-7H2,1-2H3. The summed E-state index contributed by atoms with van der Waals surface area (Å²) in [6.07, 6.45) is 0.432. The van der Waals surface area contributed by atoms with Crippen LogP contribution >= 0.6 is 11.6 Å². The van der Waals surface area contributed by atoms with Gasteiger partial charge in [-0.05, 0) is 12.1 Å². The fourth-order valence-electron chi connectivity index (χ4n) is 1.37. The first-order valence-corrected chi connectivity index (χ1v) is 6.94. The largest absolute Gasteiger partial charge is 0.389 e. The van der Waals surface area contributed by atoms with Crippen molar-refractivity contribution in [3.63, 3.8) is 0 Å². The van der Waals surface area contributed by atoms with Crippen molar-refractivity contribution >= 4 is 21.6 Å². The topological polar surface area (TPSA) is 79.7 Å². The second-order valence-electron chi connectivity index (χ2n) is 3.71. The molecule has 0 aliphatic carbocycles. The van der Waals surface area contributed by atoms with Crippen molar-refractivity contribution in [3.8, 4) is 0 Å². The van der Waals surface area contributed by atoms with E-state index in [1.807, 2.05) is 0 Å². The number of nitrogens with zero attached hydrogens (tertiary/aromatic N) is 2. The molecule has 0 radical (unpaired) electrons. The van der Waals surface area contributed by atoms with Crippen molar-refractivity contribution in [2.24, 2.45) is 0 Å². The first-order valence-electron chi connectivity index (χ1n) is 5.13. The highest BCUT2D eigenvalue weighted by Gasteiger charge is 2.23. The second-order valence-corrected chi connectivity index (χ2v) is 6.14. The molecule has 0 saturated carbocycles. The van der Waals surface area contributed by atoms with E-state index in [9.17, 15) is 13.5 Å². The van der Waals surface area contributed by atoms with Crippen LogP contribution in [0.4, 0.5) is 0 Å². The molecule has 1 atom stereocenters. The summed E-state index contributed by atoms with van der Waals surface area (Å²) in [5, 5.41) is 9.61. The lowest BCUT2D eigenvalue weighted by molar-refractivity contribution is 0.0554. The van der Waals surface area contributed by atoms with E-state index in [1.165, 1.54) is 32.5 Å². The van der Waals surface area contributed by atoms with Gasteiger partial charge in [0.2, 0.25) is 10.0 Å². The van der Waals surface area contributed by atoms with Crippen molar-refractivity contribution < 1.29 is 18.3 Å². The van der Waals surface area contributed by atoms with E-state index in [4.69, 9.17) is 16.3 Å². The van der Waals surface area contributed by atoms with Gasteiger partial charge in [0.25, 0.3) is 0 Å². The van der Waals surface area contributed by atoms with Crippen LogP contribution in [-0.2, 0) is 14.8 Å². The number of aliphatic hydroxyl groups is 1. The summed E-state index contributed by atoms with van der Waals surface area (Å²) in [4.78, 5) is 3.75. The normalized spacial score (nSPS) is 13.8. The monoisotopic (exact) mass is 294 g/mol. The number of halogens is 1. The summed E-state index contributed by atoms with van der Waals surface area (Å²) in [5.41, 5.74) is 0. The fourth-order valence-corrected chi connectivity index (χ4v) is 2.83. The van der Waals surface area contributed by atoms with Gasteiger partial charge in [-0.3, -0.25) is 0 Å². The van der Waals surface area contributed by atoms with Gasteiger partial charge in [0.15, 0.2) is 0 Å². The Balaban J connectivity index is 2.86. The first kappa shape index (κ1) is 15.3. The molecule has 1 rings (SSSR count). The van der Waals surface area contributed by atoms with E-state index >= 15 is 0 Å². The number of hydrogen-bond donors (Lipinski definition) is 1. The molecule has 1 unspecified atom stereocenters. The summed E-state index contributed by atoms with van der Waals surface area (Å²) >= 11 is 5.65. The van der Waals surface area contributed by atoms with Crippen LogP contribution in [0.25, 0.3) is 0 Å². The average Bonchev–Trinajstić information content (AvgIpc) is 2.29. The maximum absolute atomic E-state index is 12.1. The second kappa shape index (κ2) is 6.44. The van der Waals surface area contributed by atoms with Crippen LogP contribution in [0.15, 0.2) is 23.2 Å². The van der Waals surface area contributed by atoms with E-state index in [0.29, 0.717) is 0 Å². The van der Waals surface area contributed by atoms with Crippen LogP contribution in [0, 0.1) is 0 Å². The summed E-state index contributed by atoms with van der Waals surface area (Å²) in [7, 11) is -0.873. The summed E-state index contributed by atoms with van der Waals surface area (Å²) in [6, 6.07) is 2.61. The lowest BCUT2D eigenvalue weighted by Crippen LogP contribution is -2.36. The Morgan fingerprint density at radius 1 is 1.61 bits per heavy atom. The van der Waals surface area contributed by atoms with Crippen LogP contribution in [0.1, 0.15) is 0 Å². The maximum Gasteiger partial charge on any atom is 0.243 e. The third-order valence-electron chi connectivity index (χ3n) is 2.23. The minimum absolute atomic E-state index is 0.0367. The summed E-state index contributed by atoms with van der Waals surface area (Å²) in [5.74, 6) is 0. The maximum atomic E-state index is 12.1. The van der Waals surface area contributed by atoms with Crippen molar-refractivity contribution in [2.75, 3.05) is 27.3 Å². The molecular weight excluding hydrogens is 280 g/mol. The number of likely N-dealkylation sites (N-methyl/N-ethyl adjacent to an activating group) is 1. The van der Waals surface area contributed by atoms with Crippen molar-refractivity contribution in [2.45, 2.75) is 11.0 Å². The number of methoxy groups -OCH3 is 1. The molecule has 0 fully saturated rings. The molecular formula is C10H15ClN2O4S. The Kier molecular flexibility index (Phi) is 5.48. The highest BCUT2D eigenvalue weighted by molar-refractivity contribution is 7.89. The summed E-state index contributed by atoms with van der Waals surface area (Å²) in [6.45, 7) is 0.00702. The molecule has 0 aromatic carbocycles. The van der Waals surface area contributed by atoms with Crippen LogP contribution in [-0.4, -0.2) is 56.2 Å². The Hall–Kier alpha value is -0.730. The van der Waals surface area contributed by atoms with Gasteiger partial charge in [-0.1, -0.05) is 11.6 Å². The zero-order chi connectivity index (χ0) is 13.8. The molecule has 1 heterocycles.